The number of hydrogen-bond acceptors (Lipinski definition) is 2. The van der Waals surface area contributed by atoms with Crippen LogP contribution in [0.3, 0.4) is 0 Å². The SMILES string of the molecule is O=C1OC2(CCCC2)CC12CCCC2. The fourth-order valence-corrected chi connectivity index (χ4v) is 3.76. The molecule has 1 aliphatic heterocycles. The van der Waals surface area contributed by atoms with Gasteiger partial charge in [-0.3, -0.25) is 4.79 Å². The highest BCUT2D eigenvalue weighted by Gasteiger charge is 2.57. The van der Waals surface area contributed by atoms with E-state index in [-0.39, 0.29) is 17.0 Å². The molecule has 3 aliphatic rings. The van der Waals surface area contributed by atoms with Gasteiger partial charge in [0, 0.05) is 6.42 Å². The summed E-state index contributed by atoms with van der Waals surface area (Å²) in [4.78, 5) is 11.9. The third-order valence-corrected chi connectivity index (χ3v) is 4.48. The molecule has 1 saturated heterocycles. The summed E-state index contributed by atoms with van der Waals surface area (Å²) in [6.07, 6.45) is 10.4. The standard InChI is InChI=1S/C12H18O2/c13-10-11(5-1-2-6-11)9-12(14-10)7-3-4-8-12/h1-9H2. The lowest BCUT2D eigenvalue weighted by Gasteiger charge is -2.22. The summed E-state index contributed by atoms with van der Waals surface area (Å²) in [7, 11) is 0. The normalized spacial score (nSPS) is 33.0. The van der Waals surface area contributed by atoms with Crippen LogP contribution in [0.2, 0.25) is 0 Å². The maximum Gasteiger partial charge on any atom is 0.312 e. The molecule has 0 aromatic heterocycles. The van der Waals surface area contributed by atoms with E-state index < -0.39 is 0 Å². The highest BCUT2D eigenvalue weighted by molar-refractivity contribution is 5.80. The Balaban J connectivity index is 1.86. The second kappa shape index (κ2) is 2.74. The Morgan fingerprint density at radius 2 is 1.50 bits per heavy atom. The lowest BCUT2D eigenvalue weighted by molar-refractivity contribution is -0.153. The van der Waals surface area contributed by atoms with Crippen LogP contribution in [-0.4, -0.2) is 11.6 Å². The van der Waals surface area contributed by atoms with Crippen molar-refractivity contribution in [3.05, 3.63) is 0 Å². The molecule has 0 radical (unpaired) electrons. The first-order chi connectivity index (χ1) is 6.75. The molecule has 3 fully saturated rings. The van der Waals surface area contributed by atoms with E-state index in [2.05, 4.69) is 0 Å². The Labute approximate surface area is 85.0 Å². The molecule has 1 heterocycles. The molecule has 0 aromatic carbocycles. The minimum atomic E-state index is -0.0374. The van der Waals surface area contributed by atoms with Gasteiger partial charge in [0.05, 0.1) is 5.41 Å². The predicted molar refractivity (Wildman–Crippen MR) is 52.8 cm³/mol. The minimum absolute atomic E-state index is 0.0125. The second-order valence-electron chi connectivity index (χ2n) is 5.44. The van der Waals surface area contributed by atoms with Crippen molar-refractivity contribution in [2.24, 2.45) is 5.41 Å². The van der Waals surface area contributed by atoms with Crippen LogP contribution in [0.1, 0.15) is 57.8 Å². The molecule has 2 heteroatoms. The number of esters is 1. The molecular weight excluding hydrogens is 176 g/mol. The Bertz CT molecular complexity index is 257. The largest absolute Gasteiger partial charge is 0.459 e. The molecule has 0 N–H and O–H groups in total. The van der Waals surface area contributed by atoms with E-state index in [1.807, 2.05) is 0 Å². The highest BCUT2D eigenvalue weighted by Crippen LogP contribution is 2.55. The molecule has 0 amide bonds. The molecule has 3 rings (SSSR count). The maximum absolute atomic E-state index is 11.9. The van der Waals surface area contributed by atoms with Crippen LogP contribution >= 0.6 is 0 Å². The van der Waals surface area contributed by atoms with Gasteiger partial charge in [-0.15, -0.1) is 0 Å². The monoisotopic (exact) mass is 194 g/mol. The molecule has 2 spiro atoms. The number of carbonyl (C=O) groups excluding carboxylic acids is 1. The summed E-state index contributed by atoms with van der Waals surface area (Å²) in [5.41, 5.74) is -0.0498. The minimum Gasteiger partial charge on any atom is -0.459 e. The summed E-state index contributed by atoms with van der Waals surface area (Å²) in [5, 5.41) is 0. The van der Waals surface area contributed by atoms with Crippen molar-refractivity contribution in [1.29, 1.82) is 0 Å². The van der Waals surface area contributed by atoms with Crippen LogP contribution < -0.4 is 0 Å². The van der Waals surface area contributed by atoms with E-state index in [1.165, 1.54) is 25.7 Å². The molecule has 0 aromatic rings. The number of hydrogen-bond donors (Lipinski definition) is 0. The first kappa shape index (κ1) is 8.75. The van der Waals surface area contributed by atoms with Gasteiger partial charge in [0.2, 0.25) is 0 Å². The van der Waals surface area contributed by atoms with Crippen LogP contribution in [0.4, 0.5) is 0 Å². The first-order valence-electron chi connectivity index (χ1n) is 5.98. The summed E-state index contributed by atoms with van der Waals surface area (Å²) in [6, 6.07) is 0. The zero-order valence-corrected chi connectivity index (χ0v) is 8.68. The zero-order valence-electron chi connectivity index (χ0n) is 8.68. The number of carbonyl (C=O) groups is 1. The lowest BCUT2D eigenvalue weighted by Crippen LogP contribution is -2.24. The van der Waals surface area contributed by atoms with Crippen LogP contribution in [-0.2, 0) is 9.53 Å². The van der Waals surface area contributed by atoms with Crippen molar-refractivity contribution in [2.75, 3.05) is 0 Å². The third-order valence-electron chi connectivity index (χ3n) is 4.48. The van der Waals surface area contributed by atoms with Crippen molar-refractivity contribution < 1.29 is 9.53 Å². The van der Waals surface area contributed by atoms with Crippen molar-refractivity contribution in [2.45, 2.75) is 63.4 Å². The molecule has 0 atom stereocenters. The van der Waals surface area contributed by atoms with Crippen LogP contribution in [0.25, 0.3) is 0 Å². The van der Waals surface area contributed by atoms with E-state index in [9.17, 15) is 4.79 Å². The van der Waals surface area contributed by atoms with E-state index >= 15 is 0 Å². The van der Waals surface area contributed by atoms with Gasteiger partial charge in [0.15, 0.2) is 0 Å². The Morgan fingerprint density at radius 1 is 0.929 bits per heavy atom. The quantitative estimate of drug-likeness (QED) is 0.554. The predicted octanol–water partition coefficient (Wildman–Crippen LogP) is 2.81. The molecule has 78 valence electrons. The van der Waals surface area contributed by atoms with Crippen molar-refractivity contribution >= 4 is 5.97 Å². The molecule has 0 unspecified atom stereocenters. The topological polar surface area (TPSA) is 26.3 Å². The molecule has 2 saturated carbocycles. The van der Waals surface area contributed by atoms with E-state index in [0.717, 1.165) is 32.1 Å². The molecule has 2 aliphatic carbocycles. The van der Waals surface area contributed by atoms with Crippen LogP contribution in [0.5, 0.6) is 0 Å². The van der Waals surface area contributed by atoms with Gasteiger partial charge in [-0.25, -0.2) is 0 Å². The number of ether oxygens (including phenoxy) is 1. The first-order valence-corrected chi connectivity index (χ1v) is 5.98. The Kier molecular flexibility index (Phi) is 1.71. The van der Waals surface area contributed by atoms with E-state index in [1.54, 1.807) is 0 Å². The van der Waals surface area contributed by atoms with Crippen LogP contribution in [0, 0.1) is 5.41 Å². The van der Waals surface area contributed by atoms with Crippen molar-refractivity contribution in [3.63, 3.8) is 0 Å². The number of rotatable bonds is 0. The molecule has 14 heavy (non-hydrogen) atoms. The average molecular weight is 194 g/mol. The van der Waals surface area contributed by atoms with Crippen molar-refractivity contribution in [3.8, 4) is 0 Å². The summed E-state index contributed by atoms with van der Waals surface area (Å²) >= 11 is 0. The Morgan fingerprint density at radius 3 is 2.14 bits per heavy atom. The van der Waals surface area contributed by atoms with Gasteiger partial charge >= 0.3 is 5.97 Å². The van der Waals surface area contributed by atoms with Gasteiger partial charge in [-0.05, 0) is 38.5 Å². The summed E-state index contributed by atoms with van der Waals surface area (Å²) in [5.74, 6) is 0.136. The van der Waals surface area contributed by atoms with Gasteiger partial charge in [0.1, 0.15) is 5.60 Å². The van der Waals surface area contributed by atoms with Crippen molar-refractivity contribution in [1.82, 2.24) is 0 Å². The second-order valence-corrected chi connectivity index (χ2v) is 5.44. The maximum atomic E-state index is 11.9. The summed E-state index contributed by atoms with van der Waals surface area (Å²) < 4.78 is 5.71. The average Bonchev–Trinajstić information content (AvgIpc) is 2.81. The van der Waals surface area contributed by atoms with Gasteiger partial charge in [-0.1, -0.05) is 12.8 Å². The van der Waals surface area contributed by atoms with Gasteiger partial charge in [-0.2, -0.15) is 0 Å². The van der Waals surface area contributed by atoms with Gasteiger partial charge in [0.25, 0.3) is 0 Å². The fraction of sp³-hybridized carbons (Fsp3) is 0.917. The lowest BCUT2D eigenvalue weighted by atomic mass is 9.78. The third kappa shape index (κ3) is 1.06. The van der Waals surface area contributed by atoms with E-state index in [4.69, 9.17) is 4.74 Å². The van der Waals surface area contributed by atoms with Crippen LogP contribution in [0.15, 0.2) is 0 Å². The Hall–Kier alpha value is -0.530. The van der Waals surface area contributed by atoms with Gasteiger partial charge < -0.3 is 4.74 Å². The smallest absolute Gasteiger partial charge is 0.312 e. The molecular formula is C12H18O2. The zero-order chi connectivity index (χ0) is 9.65. The summed E-state index contributed by atoms with van der Waals surface area (Å²) in [6.45, 7) is 0. The molecule has 0 bridgehead atoms. The van der Waals surface area contributed by atoms with E-state index in [0.29, 0.717) is 0 Å². The highest BCUT2D eigenvalue weighted by atomic mass is 16.6. The molecule has 2 nitrogen and oxygen atoms in total. The fourth-order valence-electron chi connectivity index (χ4n) is 3.76.